The van der Waals surface area contributed by atoms with Gasteiger partial charge in [-0.3, -0.25) is 4.79 Å². The van der Waals surface area contributed by atoms with Gasteiger partial charge in [0.05, 0.1) is 5.56 Å². The number of carbonyl (C=O) groups excluding carboxylic acids is 1. The molecule has 4 aromatic carbocycles. The molecule has 4 aromatic rings. The molecule has 0 saturated carbocycles. The Hall–Kier alpha value is -4.76. The van der Waals surface area contributed by atoms with Crippen molar-refractivity contribution >= 4 is 17.2 Å². The quantitative estimate of drug-likeness (QED) is 0.149. The maximum atomic E-state index is 14.6. The van der Waals surface area contributed by atoms with Gasteiger partial charge in [0.25, 0.3) is 0 Å². The van der Waals surface area contributed by atoms with Crippen LogP contribution in [0.1, 0.15) is 41.5 Å². The summed E-state index contributed by atoms with van der Waals surface area (Å²) >= 11 is 0. The molecule has 0 bridgehead atoms. The number of halogens is 5. The van der Waals surface area contributed by atoms with Gasteiger partial charge in [0.1, 0.15) is 6.54 Å². The maximum Gasteiger partial charge on any atom is 0.416 e. The van der Waals surface area contributed by atoms with E-state index in [0.29, 0.717) is 25.1 Å². The van der Waals surface area contributed by atoms with Crippen LogP contribution in [0.5, 0.6) is 0 Å². The highest BCUT2D eigenvalue weighted by molar-refractivity contribution is 5.90. The summed E-state index contributed by atoms with van der Waals surface area (Å²) in [5.74, 6) is -1.84. The molecule has 6 rings (SSSR count). The number of para-hydroxylation sites is 1. The van der Waals surface area contributed by atoms with Crippen LogP contribution in [0.4, 0.5) is 27.6 Å². The zero-order valence-electron chi connectivity index (χ0n) is 27.2. The van der Waals surface area contributed by atoms with Crippen LogP contribution in [0.2, 0.25) is 0 Å². The number of nitrogens with zero attached hydrogens (tertiary/aromatic N) is 3. The van der Waals surface area contributed by atoms with E-state index in [9.17, 15) is 26.7 Å². The molecule has 0 unspecified atom stereocenters. The summed E-state index contributed by atoms with van der Waals surface area (Å²) in [4.78, 5) is 20.4. The third kappa shape index (κ3) is 8.11. The van der Waals surface area contributed by atoms with Crippen molar-refractivity contribution in [3.05, 3.63) is 143 Å². The SMILES string of the molecule is C=C1C=C(CCc2cccc(F)c2F)N(CC(=O)N(CCN2CCCC2)Cc2ccc(-c3ccc(C(F)(F)F)cc3)cc2)c2ccccc21. The molecule has 1 fully saturated rings. The highest BCUT2D eigenvalue weighted by Gasteiger charge is 2.30. The van der Waals surface area contributed by atoms with Gasteiger partial charge in [-0.25, -0.2) is 8.78 Å². The van der Waals surface area contributed by atoms with E-state index in [1.807, 2.05) is 64.4 Å². The summed E-state index contributed by atoms with van der Waals surface area (Å²) in [5, 5.41) is 0. The minimum Gasteiger partial charge on any atom is -0.336 e. The molecule has 2 aliphatic rings. The van der Waals surface area contributed by atoms with Crippen LogP contribution in [0.3, 0.4) is 0 Å². The van der Waals surface area contributed by atoms with E-state index in [-0.39, 0.29) is 24.4 Å². The number of fused-ring (bicyclic) bond motifs is 1. The molecule has 0 aliphatic carbocycles. The molecule has 1 amide bonds. The zero-order valence-corrected chi connectivity index (χ0v) is 27.2. The Kier molecular flexibility index (Phi) is 10.3. The lowest BCUT2D eigenvalue weighted by Gasteiger charge is -2.35. The Balaban J connectivity index is 1.22. The third-order valence-corrected chi connectivity index (χ3v) is 9.31. The zero-order chi connectivity index (χ0) is 34.5. The van der Waals surface area contributed by atoms with Crippen LogP contribution in [0, 0.1) is 11.6 Å². The molecule has 49 heavy (non-hydrogen) atoms. The predicted octanol–water partition coefficient (Wildman–Crippen LogP) is 9.13. The lowest BCUT2D eigenvalue weighted by molar-refractivity contribution is -0.137. The second-order valence-corrected chi connectivity index (χ2v) is 12.6. The number of carbonyl (C=O) groups is 1. The summed E-state index contributed by atoms with van der Waals surface area (Å²) in [7, 11) is 0. The number of amides is 1. The van der Waals surface area contributed by atoms with Gasteiger partial charge in [0.2, 0.25) is 5.91 Å². The van der Waals surface area contributed by atoms with E-state index >= 15 is 0 Å². The minimum atomic E-state index is -4.40. The summed E-state index contributed by atoms with van der Waals surface area (Å²) < 4.78 is 67.7. The fourth-order valence-corrected chi connectivity index (χ4v) is 6.56. The summed E-state index contributed by atoms with van der Waals surface area (Å²) in [5.41, 5.74) is 5.23. The Morgan fingerprint density at radius 3 is 2.18 bits per heavy atom. The van der Waals surface area contributed by atoms with Crippen molar-refractivity contribution in [2.75, 3.05) is 37.6 Å². The predicted molar refractivity (Wildman–Crippen MR) is 184 cm³/mol. The second kappa shape index (κ2) is 14.8. The van der Waals surface area contributed by atoms with E-state index in [1.54, 1.807) is 6.07 Å². The van der Waals surface area contributed by atoms with E-state index in [1.165, 1.54) is 18.2 Å². The Morgan fingerprint density at radius 1 is 0.816 bits per heavy atom. The highest BCUT2D eigenvalue weighted by Crippen LogP contribution is 2.37. The molecule has 0 atom stereocenters. The molecule has 1 saturated heterocycles. The van der Waals surface area contributed by atoms with E-state index in [4.69, 9.17) is 0 Å². The number of rotatable bonds is 11. The number of allylic oxidation sites excluding steroid dienone is 3. The van der Waals surface area contributed by atoms with Crippen LogP contribution in [0.15, 0.2) is 109 Å². The average Bonchev–Trinajstić information content (AvgIpc) is 3.62. The molecule has 0 aromatic heterocycles. The molecular weight excluding hydrogens is 633 g/mol. The van der Waals surface area contributed by atoms with Crippen molar-refractivity contribution in [2.45, 2.75) is 38.4 Å². The first kappa shape index (κ1) is 34.1. The van der Waals surface area contributed by atoms with Crippen LogP contribution < -0.4 is 4.90 Å². The van der Waals surface area contributed by atoms with Gasteiger partial charge in [0, 0.05) is 36.6 Å². The third-order valence-electron chi connectivity index (χ3n) is 9.31. The molecule has 0 N–H and O–H groups in total. The smallest absolute Gasteiger partial charge is 0.336 e. The van der Waals surface area contributed by atoms with E-state index in [0.717, 1.165) is 84.3 Å². The summed E-state index contributed by atoms with van der Waals surface area (Å²) in [6.07, 6.45) is 0.413. The van der Waals surface area contributed by atoms with Gasteiger partial charge in [-0.15, -0.1) is 0 Å². The first-order chi connectivity index (χ1) is 23.6. The molecule has 0 radical (unpaired) electrons. The van der Waals surface area contributed by atoms with Gasteiger partial charge in [-0.05, 0) is 96.9 Å². The molecule has 254 valence electrons. The van der Waals surface area contributed by atoms with Gasteiger partial charge in [-0.2, -0.15) is 13.2 Å². The number of benzene rings is 4. The standard InChI is InChI=1S/C40H38F5N3O/c1-28-25-34(20-17-32-7-6-9-36(41)39(32)42)48(37-10-3-2-8-35(28)37)27-38(49)47(24-23-46-21-4-5-22-46)26-29-11-13-30(14-12-29)31-15-18-33(19-16-31)40(43,44)45/h2-3,6-16,18-19,25H,1,4-5,17,20-24,26-27H2. The monoisotopic (exact) mass is 671 g/mol. The van der Waals surface area contributed by atoms with Crippen molar-refractivity contribution in [3.8, 4) is 11.1 Å². The Morgan fingerprint density at radius 2 is 1.49 bits per heavy atom. The van der Waals surface area contributed by atoms with Crippen LogP contribution in [-0.2, 0) is 23.9 Å². The van der Waals surface area contributed by atoms with Crippen molar-refractivity contribution in [2.24, 2.45) is 0 Å². The van der Waals surface area contributed by atoms with Crippen molar-refractivity contribution in [1.82, 2.24) is 9.80 Å². The van der Waals surface area contributed by atoms with Gasteiger partial charge in [-0.1, -0.05) is 73.3 Å². The average molecular weight is 672 g/mol. The molecule has 9 heteroatoms. The minimum absolute atomic E-state index is 0.0470. The fourth-order valence-electron chi connectivity index (χ4n) is 6.56. The number of anilines is 1. The molecule has 2 heterocycles. The molecule has 0 spiro atoms. The topological polar surface area (TPSA) is 26.8 Å². The largest absolute Gasteiger partial charge is 0.416 e. The van der Waals surface area contributed by atoms with E-state index in [2.05, 4.69) is 11.5 Å². The van der Waals surface area contributed by atoms with Gasteiger partial charge >= 0.3 is 6.18 Å². The van der Waals surface area contributed by atoms with Crippen LogP contribution in [-0.4, -0.2) is 48.4 Å². The lowest BCUT2D eigenvalue weighted by atomic mass is 9.96. The van der Waals surface area contributed by atoms with Gasteiger partial charge < -0.3 is 14.7 Å². The van der Waals surface area contributed by atoms with Crippen LogP contribution >= 0.6 is 0 Å². The molecular formula is C40H38F5N3O. The van der Waals surface area contributed by atoms with E-state index < -0.39 is 23.4 Å². The number of aryl methyl sites for hydroxylation is 1. The van der Waals surface area contributed by atoms with Gasteiger partial charge in [0.15, 0.2) is 11.6 Å². The number of hydrogen-bond donors (Lipinski definition) is 0. The van der Waals surface area contributed by atoms with Crippen molar-refractivity contribution < 1.29 is 26.7 Å². The Labute approximate surface area is 283 Å². The Bertz CT molecular complexity index is 1830. The summed E-state index contributed by atoms with van der Waals surface area (Å²) in [6, 6.07) is 24.5. The highest BCUT2D eigenvalue weighted by atomic mass is 19.4. The fraction of sp³-hybridized carbons (Fsp3) is 0.275. The van der Waals surface area contributed by atoms with Crippen molar-refractivity contribution in [3.63, 3.8) is 0 Å². The molecule has 2 aliphatic heterocycles. The number of likely N-dealkylation sites (tertiary alicyclic amines) is 1. The summed E-state index contributed by atoms with van der Waals surface area (Å²) in [6.45, 7) is 7.88. The second-order valence-electron chi connectivity index (χ2n) is 12.6. The van der Waals surface area contributed by atoms with Crippen LogP contribution in [0.25, 0.3) is 16.7 Å². The maximum absolute atomic E-state index is 14.6. The van der Waals surface area contributed by atoms with Crippen molar-refractivity contribution in [1.29, 1.82) is 0 Å². The first-order valence-electron chi connectivity index (χ1n) is 16.5. The normalized spacial score (nSPS) is 14.9. The molecule has 4 nitrogen and oxygen atoms in total. The number of hydrogen-bond acceptors (Lipinski definition) is 3. The lowest BCUT2D eigenvalue weighted by Crippen LogP contribution is -2.43. The number of alkyl halides is 3. The first-order valence-corrected chi connectivity index (χ1v) is 16.5.